The van der Waals surface area contributed by atoms with Crippen molar-refractivity contribution >= 4 is 0 Å². The average Bonchev–Trinajstić information content (AvgIpc) is 2.18. The van der Waals surface area contributed by atoms with E-state index in [1.165, 1.54) is 38.5 Å². The van der Waals surface area contributed by atoms with Crippen LogP contribution in [0.25, 0.3) is 0 Å². The van der Waals surface area contributed by atoms with Crippen molar-refractivity contribution in [2.75, 3.05) is 0 Å². The summed E-state index contributed by atoms with van der Waals surface area (Å²) in [6.45, 7) is 0. The second kappa shape index (κ2) is 8.10. The average molecular weight is 177 g/mol. The Morgan fingerprint density at radius 3 is 2.15 bits per heavy atom. The standard InChI is InChI=1S/C13H21/c1-2-4-6-8-10-12-13-11-9-7-5-3-1/h1-2,5-7H,3-4,8-13H2. The van der Waals surface area contributed by atoms with Crippen molar-refractivity contribution in [1.82, 2.24) is 0 Å². The highest BCUT2D eigenvalue weighted by atomic mass is 14.0. The largest absolute Gasteiger partial charge is 0.0882 e. The highest BCUT2D eigenvalue weighted by molar-refractivity contribution is 4.94. The highest BCUT2D eigenvalue weighted by Crippen LogP contribution is 2.09. The summed E-state index contributed by atoms with van der Waals surface area (Å²) < 4.78 is 0. The maximum atomic E-state index is 2.40. The Hall–Kier alpha value is -0.520. The van der Waals surface area contributed by atoms with Crippen LogP contribution in [0.1, 0.15) is 51.4 Å². The summed E-state index contributed by atoms with van der Waals surface area (Å²) in [5, 5.41) is 0. The third kappa shape index (κ3) is 6.62. The lowest BCUT2D eigenvalue weighted by Crippen LogP contribution is -1.79. The molecule has 0 aromatic rings. The van der Waals surface area contributed by atoms with Crippen LogP contribution in [-0.4, -0.2) is 0 Å². The fourth-order valence-electron chi connectivity index (χ4n) is 1.60. The molecular formula is C13H21. The van der Waals surface area contributed by atoms with Crippen LogP contribution in [0.5, 0.6) is 0 Å². The molecule has 0 saturated heterocycles. The minimum Gasteiger partial charge on any atom is -0.0882 e. The zero-order chi connectivity index (χ0) is 9.19. The number of rotatable bonds is 0. The van der Waals surface area contributed by atoms with Gasteiger partial charge in [-0.3, -0.25) is 0 Å². The molecule has 0 saturated carbocycles. The molecule has 0 spiro atoms. The first-order valence-corrected chi connectivity index (χ1v) is 5.62. The molecule has 0 heteroatoms. The molecule has 0 unspecified atom stereocenters. The Morgan fingerprint density at radius 2 is 1.23 bits per heavy atom. The summed E-state index contributed by atoms with van der Waals surface area (Å²) in [6.07, 6.45) is 22.0. The number of hydrogen-bond acceptors (Lipinski definition) is 0. The smallest absolute Gasteiger partial charge is 0.0169 e. The normalized spacial score (nSPS) is 21.5. The number of allylic oxidation sites excluding steroid dienone is 4. The molecule has 0 bridgehead atoms. The van der Waals surface area contributed by atoms with Crippen molar-refractivity contribution in [3.63, 3.8) is 0 Å². The first-order chi connectivity index (χ1) is 6.50. The van der Waals surface area contributed by atoms with Crippen molar-refractivity contribution in [3.05, 3.63) is 30.7 Å². The van der Waals surface area contributed by atoms with Gasteiger partial charge in [-0.25, -0.2) is 0 Å². The molecule has 0 N–H and O–H groups in total. The summed E-state index contributed by atoms with van der Waals surface area (Å²) in [5.41, 5.74) is 0. The molecular weight excluding hydrogens is 156 g/mol. The van der Waals surface area contributed by atoms with Crippen LogP contribution in [0.15, 0.2) is 24.3 Å². The van der Waals surface area contributed by atoms with E-state index in [4.69, 9.17) is 0 Å². The Morgan fingerprint density at radius 1 is 0.538 bits per heavy atom. The van der Waals surface area contributed by atoms with Crippen LogP contribution in [0.2, 0.25) is 0 Å². The van der Waals surface area contributed by atoms with Crippen molar-refractivity contribution < 1.29 is 0 Å². The lowest BCUT2D eigenvalue weighted by molar-refractivity contribution is 0.639. The first-order valence-electron chi connectivity index (χ1n) is 5.62. The molecule has 1 radical (unpaired) electrons. The molecule has 0 fully saturated rings. The maximum Gasteiger partial charge on any atom is -0.0169 e. The van der Waals surface area contributed by atoms with Gasteiger partial charge in [0.1, 0.15) is 0 Å². The summed E-state index contributed by atoms with van der Waals surface area (Å²) in [5.74, 6) is 0. The lowest BCUT2D eigenvalue weighted by atomic mass is 10.1. The molecule has 0 heterocycles. The predicted molar refractivity (Wildman–Crippen MR) is 59.5 cm³/mol. The first kappa shape index (κ1) is 10.6. The van der Waals surface area contributed by atoms with Gasteiger partial charge in [0.25, 0.3) is 0 Å². The summed E-state index contributed by atoms with van der Waals surface area (Å²) in [7, 11) is 0. The quantitative estimate of drug-likeness (QED) is 0.480. The molecule has 13 heavy (non-hydrogen) atoms. The monoisotopic (exact) mass is 177 g/mol. The van der Waals surface area contributed by atoms with Gasteiger partial charge in [-0.05, 0) is 38.5 Å². The third-order valence-electron chi connectivity index (χ3n) is 2.44. The van der Waals surface area contributed by atoms with Crippen LogP contribution in [0, 0.1) is 6.42 Å². The fourth-order valence-corrected chi connectivity index (χ4v) is 1.60. The van der Waals surface area contributed by atoms with Crippen molar-refractivity contribution in [3.8, 4) is 0 Å². The van der Waals surface area contributed by atoms with E-state index < -0.39 is 0 Å². The van der Waals surface area contributed by atoms with E-state index in [-0.39, 0.29) is 0 Å². The van der Waals surface area contributed by atoms with Gasteiger partial charge in [-0.1, -0.05) is 43.6 Å². The summed E-state index contributed by atoms with van der Waals surface area (Å²) in [6, 6.07) is 0. The predicted octanol–water partition coefficient (Wildman–Crippen LogP) is 4.44. The zero-order valence-corrected chi connectivity index (χ0v) is 8.54. The molecule has 0 aromatic heterocycles. The van der Waals surface area contributed by atoms with E-state index in [1.807, 2.05) is 0 Å². The minimum atomic E-state index is 1.12. The topological polar surface area (TPSA) is 0 Å². The molecule has 73 valence electrons. The van der Waals surface area contributed by atoms with Gasteiger partial charge in [0.2, 0.25) is 0 Å². The van der Waals surface area contributed by atoms with Gasteiger partial charge >= 0.3 is 0 Å². The van der Waals surface area contributed by atoms with Gasteiger partial charge in [0.05, 0.1) is 0 Å². The Kier molecular flexibility index (Phi) is 6.58. The van der Waals surface area contributed by atoms with E-state index in [1.54, 1.807) is 0 Å². The number of hydrogen-bond donors (Lipinski definition) is 0. The molecule has 0 aliphatic heterocycles. The molecule has 0 amide bonds. The second-order valence-corrected chi connectivity index (χ2v) is 3.69. The fraction of sp³-hybridized carbons (Fsp3) is 0.615. The van der Waals surface area contributed by atoms with Crippen molar-refractivity contribution in [1.29, 1.82) is 0 Å². The highest BCUT2D eigenvalue weighted by Gasteiger charge is 1.90. The summed E-state index contributed by atoms with van der Waals surface area (Å²) in [4.78, 5) is 0. The molecule has 1 rings (SSSR count). The van der Waals surface area contributed by atoms with E-state index in [9.17, 15) is 0 Å². The van der Waals surface area contributed by atoms with E-state index in [0.717, 1.165) is 12.8 Å². The van der Waals surface area contributed by atoms with Gasteiger partial charge in [-0.15, -0.1) is 0 Å². The second-order valence-electron chi connectivity index (χ2n) is 3.69. The van der Waals surface area contributed by atoms with Crippen molar-refractivity contribution in [2.24, 2.45) is 0 Å². The van der Waals surface area contributed by atoms with Gasteiger partial charge in [0, 0.05) is 0 Å². The lowest BCUT2D eigenvalue weighted by Gasteiger charge is -1.98. The van der Waals surface area contributed by atoms with Crippen molar-refractivity contribution in [2.45, 2.75) is 51.4 Å². The third-order valence-corrected chi connectivity index (χ3v) is 2.44. The van der Waals surface area contributed by atoms with E-state index in [0.29, 0.717) is 0 Å². The molecule has 1 aliphatic rings. The van der Waals surface area contributed by atoms with Crippen LogP contribution >= 0.6 is 0 Å². The zero-order valence-electron chi connectivity index (χ0n) is 8.54. The molecule has 0 atom stereocenters. The Balaban J connectivity index is 2.18. The SMILES string of the molecule is [CH]1CC=CCC=CCCCCCC1. The van der Waals surface area contributed by atoms with Crippen LogP contribution in [-0.2, 0) is 0 Å². The van der Waals surface area contributed by atoms with Crippen LogP contribution < -0.4 is 0 Å². The van der Waals surface area contributed by atoms with Gasteiger partial charge < -0.3 is 0 Å². The van der Waals surface area contributed by atoms with Crippen LogP contribution in [0.4, 0.5) is 0 Å². The van der Waals surface area contributed by atoms with E-state index >= 15 is 0 Å². The molecule has 0 nitrogen and oxygen atoms in total. The van der Waals surface area contributed by atoms with Crippen LogP contribution in [0.3, 0.4) is 0 Å². The van der Waals surface area contributed by atoms with E-state index in [2.05, 4.69) is 30.7 Å². The van der Waals surface area contributed by atoms with Gasteiger partial charge in [0.15, 0.2) is 0 Å². The molecule has 0 aromatic carbocycles. The summed E-state index contributed by atoms with van der Waals surface area (Å²) >= 11 is 0. The minimum absolute atomic E-state index is 1.12. The maximum absolute atomic E-state index is 2.40. The Labute approximate surface area is 82.7 Å². The van der Waals surface area contributed by atoms with Gasteiger partial charge in [-0.2, -0.15) is 0 Å². The Bertz CT molecular complexity index is 135. The molecule has 1 aliphatic carbocycles.